The van der Waals surface area contributed by atoms with Gasteiger partial charge in [-0.3, -0.25) is 10.1 Å². The monoisotopic (exact) mass is 314 g/mol. The number of sulfone groups is 1. The van der Waals surface area contributed by atoms with Crippen LogP contribution in [0.4, 0.5) is 11.4 Å². The molecule has 1 aromatic carbocycles. The average Bonchev–Trinajstić information content (AvgIpc) is 2.40. The maximum Gasteiger partial charge on any atom is 0.312 e. The van der Waals surface area contributed by atoms with E-state index in [-0.39, 0.29) is 10.6 Å². The van der Waals surface area contributed by atoms with Gasteiger partial charge < -0.3 is 10.3 Å². The molecule has 0 saturated carbocycles. The Balaban J connectivity index is 2.33. The lowest BCUT2D eigenvalue weighted by Crippen LogP contribution is -2.47. The fraction of sp³-hybridized carbons (Fsp3) is 0.500. The number of nitro benzene ring substituents is 1. The van der Waals surface area contributed by atoms with Gasteiger partial charge >= 0.3 is 5.69 Å². The highest BCUT2D eigenvalue weighted by molar-refractivity contribution is 7.90. The van der Waals surface area contributed by atoms with Crippen LogP contribution in [0, 0.1) is 10.1 Å². The van der Waals surface area contributed by atoms with Crippen molar-refractivity contribution in [1.29, 1.82) is 0 Å². The first kappa shape index (κ1) is 15.7. The van der Waals surface area contributed by atoms with Crippen LogP contribution in [0.2, 0.25) is 0 Å². The molecule has 116 valence electrons. The summed E-state index contributed by atoms with van der Waals surface area (Å²) in [6.07, 6.45) is 0.967. The predicted molar refractivity (Wildman–Crippen MR) is 78.9 cm³/mol. The van der Waals surface area contributed by atoms with Crippen LogP contribution in [0.5, 0.6) is 0 Å². The molecule has 1 aliphatic rings. The maximum absolute atomic E-state index is 11.7. The standard InChI is InChI=1S/C12H18N4O4S/c1-14-6-8-15(9-7-14)13-10-4-3-5-11(21(2,19)20)12(10)16(17)18/h3-5,13H,6-9H2,1-2H3. The fourth-order valence-corrected chi connectivity index (χ4v) is 3.05. The number of rotatable bonds is 4. The summed E-state index contributed by atoms with van der Waals surface area (Å²) >= 11 is 0. The molecule has 1 aliphatic heterocycles. The summed E-state index contributed by atoms with van der Waals surface area (Å²) in [4.78, 5) is 12.5. The predicted octanol–water partition coefficient (Wildman–Crippen LogP) is 0.573. The van der Waals surface area contributed by atoms with Gasteiger partial charge in [-0.25, -0.2) is 13.4 Å². The number of anilines is 1. The number of nitrogens with zero attached hydrogens (tertiary/aromatic N) is 3. The Morgan fingerprint density at radius 3 is 2.38 bits per heavy atom. The SMILES string of the molecule is CN1CCN(Nc2cccc(S(C)(=O)=O)c2[N+](=O)[O-])CC1. The maximum atomic E-state index is 11.7. The molecule has 1 N–H and O–H groups in total. The van der Waals surface area contributed by atoms with E-state index in [1.165, 1.54) is 18.2 Å². The highest BCUT2D eigenvalue weighted by atomic mass is 32.2. The van der Waals surface area contributed by atoms with Crippen LogP contribution in [0.3, 0.4) is 0 Å². The number of nitro groups is 1. The zero-order valence-corrected chi connectivity index (χ0v) is 12.8. The Morgan fingerprint density at radius 2 is 1.86 bits per heavy atom. The molecule has 0 amide bonds. The van der Waals surface area contributed by atoms with Gasteiger partial charge in [0.25, 0.3) is 0 Å². The first-order valence-electron chi connectivity index (χ1n) is 6.46. The second-order valence-corrected chi connectivity index (χ2v) is 7.07. The second kappa shape index (κ2) is 5.96. The Kier molecular flexibility index (Phi) is 4.45. The first-order valence-corrected chi connectivity index (χ1v) is 8.36. The van der Waals surface area contributed by atoms with Crippen molar-refractivity contribution in [2.24, 2.45) is 0 Å². The number of nitrogens with one attached hydrogen (secondary N) is 1. The van der Waals surface area contributed by atoms with Gasteiger partial charge in [0.1, 0.15) is 10.6 Å². The van der Waals surface area contributed by atoms with Gasteiger partial charge in [0.2, 0.25) is 0 Å². The van der Waals surface area contributed by atoms with E-state index in [1.807, 2.05) is 12.1 Å². The van der Waals surface area contributed by atoms with Crippen molar-refractivity contribution in [3.05, 3.63) is 28.3 Å². The van der Waals surface area contributed by atoms with Crippen LogP contribution in [-0.4, -0.2) is 62.7 Å². The third-order valence-corrected chi connectivity index (χ3v) is 4.49. The van der Waals surface area contributed by atoms with Crippen LogP contribution < -0.4 is 5.43 Å². The molecular formula is C12H18N4O4S. The third-order valence-electron chi connectivity index (χ3n) is 3.36. The first-order chi connectivity index (χ1) is 9.79. The van der Waals surface area contributed by atoms with Gasteiger partial charge in [-0.2, -0.15) is 0 Å². The summed E-state index contributed by atoms with van der Waals surface area (Å²) in [5, 5.41) is 13.1. The highest BCUT2D eigenvalue weighted by Crippen LogP contribution is 2.32. The molecule has 0 unspecified atom stereocenters. The summed E-state index contributed by atoms with van der Waals surface area (Å²) in [6, 6.07) is 4.27. The molecule has 0 atom stereocenters. The summed E-state index contributed by atoms with van der Waals surface area (Å²) in [5.74, 6) is 0. The Morgan fingerprint density at radius 1 is 1.24 bits per heavy atom. The average molecular weight is 314 g/mol. The minimum absolute atomic E-state index is 0.201. The zero-order valence-electron chi connectivity index (χ0n) is 11.9. The summed E-state index contributed by atoms with van der Waals surface area (Å²) in [5.41, 5.74) is 2.76. The van der Waals surface area contributed by atoms with E-state index in [9.17, 15) is 18.5 Å². The van der Waals surface area contributed by atoms with E-state index in [0.717, 1.165) is 19.3 Å². The molecule has 0 spiro atoms. The van der Waals surface area contributed by atoms with Crippen molar-refractivity contribution in [3.8, 4) is 0 Å². The summed E-state index contributed by atoms with van der Waals surface area (Å²) in [7, 11) is -1.65. The smallest absolute Gasteiger partial charge is 0.312 e. The summed E-state index contributed by atoms with van der Waals surface area (Å²) in [6.45, 7) is 3.09. The number of likely N-dealkylation sites (N-methyl/N-ethyl adjacent to an activating group) is 1. The molecule has 9 heteroatoms. The molecule has 0 bridgehead atoms. The van der Waals surface area contributed by atoms with E-state index >= 15 is 0 Å². The molecule has 1 saturated heterocycles. The Bertz CT molecular complexity index is 639. The van der Waals surface area contributed by atoms with Gasteiger partial charge in [0, 0.05) is 32.4 Å². The number of benzene rings is 1. The molecule has 1 aromatic rings. The molecule has 21 heavy (non-hydrogen) atoms. The van der Waals surface area contributed by atoms with Gasteiger partial charge in [-0.05, 0) is 19.2 Å². The Labute approximate surface area is 123 Å². The van der Waals surface area contributed by atoms with Crippen LogP contribution in [0.25, 0.3) is 0 Å². The number of hydrogen-bond donors (Lipinski definition) is 1. The largest absolute Gasteiger partial charge is 0.313 e. The van der Waals surface area contributed by atoms with Crippen LogP contribution in [-0.2, 0) is 9.84 Å². The van der Waals surface area contributed by atoms with Crippen molar-refractivity contribution in [2.45, 2.75) is 4.90 Å². The molecule has 0 aromatic heterocycles. The summed E-state index contributed by atoms with van der Waals surface area (Å²) < 4.78 is 23.4. The van der Waals surface area contributed by atoms with E-state index < -0.39 is 20.4 Å². The normalized spacial score (nSPS) is 17.6. The molecule has 0 aliphatic carbocycles. The van der Waals surface area contributed by atoms with Gasteiger partial charge in [0.15, 0.2) is 9.84 Å². The minimum atomic E-state index is -3.66. The van der Waals surface area contributed by atoms with Crippen molar-refractivity contribution < 1.29 is 13.3 Å². The van der Waals surface area contributed by atoms with Crippen LogP contribution >= 0.6 is 0 Å². The number of para-hydroxylation sites is 1. The topological polar surface area (TPSA) is 95.8 Å². The third kappa shape index (κ3) is 3.69. The quantitative estimate of drug-likeness (QED) is 0.641. The lowest BCUT2D eigenvalue weighted by Gasteiger charge is -2.32. The van der Waals surface area contributed by atoms with Crippen molar-refractivity contribution in [3.63, 3.8) is 0 Å². The van der Waals surface area contributed by atoms with Gasteiger partial charge in [-0.1, -0.05) is 6.07 Å². The van der Waals surface area contributed by atoms with Crippen molar-refractivity contribution in [1.82, 2.24) is 9.91 Å². The van der Waals surface area contributed by atoms with E-state index in [1.54, 1.807) is 0 Å². The second-order valence-electron chi connectivity index (χ2n) is 5.08. The van der Waals surface area contributed by atoms with Crippen molar-refractivity contribution >= 4 is 21.2 Å². The molecular weight excluding hydrogens is 296 g/mol. The number of hydrazine groups is 1. The number of hydrogen-bond acceptors (Lipinski definition) is 7. The Hall–Kier alpha value is -1.71. The molecule has 1 fully saturated rings. The zero-order chi connectivity index (χ0) is 15.6. The molecule has 8 nitrogen and oxygen atoms in total. The van der Waals surface area contributed by atoms with Gasteiger partial charge in [-0.15, -0.1) is 0 Å². The van der Waals surface area contributed by atoms with E-state index in [4.69, 9.17) is 0 Å². The molecule has 2 rings (SSSR count). The highest BCUT2D eigenvalue weighted by Gasteiger charge is 2.27. The molecule has 1 heterocycles. The van der Waals surface area contributed by atoms with Crippen LogP contribution in [0.15, 0.2) is 23.1 Å². The van der Waals surface area contributed by atoms with Crippen molar-refractivity contribution in [2.75, 3.05) is 44.9 Å². The van der Waals surface area contributed by atoms with E-state index in [2.05, 4.69) is 10.3 Å². The van der Waals surface area contributed by atoms with E-state index in [0.29, 0.717) is 13.1 Å². The minimum Gasteiger partial charge on any atom is -0.313 e. The lowest BCUT2D eigenvalue weighted by molar-refractivity contribution is -0.387. The lowest BCUT2D eigenvalue weighted by atomic mass is 10.2. The fourth-order valence-electron chi connectivity index (χ4n) is 2.19. The number of piperazine rings is 1. The van der Waals surface area contributed by atoms with Crippen LogP contribution in [0.1, 0.15) is 0 Å². The van der Waals surface area contributed by atoms with Gasteiger partial charge in [0.05, 0.1) is 4.92 Å². The molecule has 0 radical (unpaired) electrons.